The smallest absolute Gasteiger partial charge is 0.306 e. The molecule has 4 nitrogen and oxygen atoms in total. The number of benzene rings is 1. The third kappa shape index (κ3) is 3.69. The Bertz CT molecular complexity index is 679. The van der Waals surface area contributed by atoms with Crippen molar-refractivity contribution in [3.63, 3.8) is 0 Å². The molecule has 126 valence electrons. The van der Waals surface area contributed by atoms with Gasteiger partial charge in [-0.2, -0.15) is 0 Å². The zero-order chi connectivity index (χ0) is 16.2. The van der Waals surface area contributed by atoms with Crippen LogP contribution in [-0.2, 0) is 0 Å². The fourth-order valence-electron chi connectivity index (χ4n) is 3.88. The van der Waals surface area contributed by atoms with E-state index in [0.717, 1.165) is 42.9 Å². The van der Waals surface area contributed by atoms with Crippen LogP contribution in [0.3, 0.4) is 0 Å². The van der Waals surface area contributed by atoms with E-state index in [1.54, 1.807) is 0 Å². The summed E-state index contributed by atoms with van der Waals surface area (Å²) in [7, 11) is 0. The molecule has 2 aromatic rings. The molecule has 1 aromatic heterocycles. The molecule has 1 saturated heterocycles. The molecule has 2 heterocycles. The molecular formula is C19H29N3O. The zero-order valence-electron chi connectivity index (χ0n) is 14.4. The quantitative estimate of drug-likeness (QED) is 0.881. The summed E-state index contributed by atoms with van der Waals surface area (Å²) in [4.78, 5) is 17.9. The number of unbranched alkanes of at least 4 members (excludes halogenated alkanes) is 1. The van der Waals surface area contributed by atoms with Crippen molar-refractivity contribution in [1.29, 1.82) is 0 Å². The molecule has 1 unspecified atom stereocenters. The van der Waals surface area contributed by atoms with Crippen LogP contribution in [0.4, 0.5) is 0 Å². The van der Waals surface area contributed by atoms with Crippen LogP contribution in [0.5, 0.6) is 0 Å². The second kappa shape index (κ2) is 7.35. The monoisotopic (exact) mass is 315 g/mol. The second-order valence-corrected chi connectivity index (χ2v) is 7.10. The van der Waals surface area contributed by atoms with Crippen LogP contribution in [0.1, 0.15) is 52.0 Å². The van der Waals surface area contributed by atoms with E-state index >= 15 is 0 Å². The van der Waals surface area contributed by atoms with E-state index < -0.39 is 0 Å². The van der Waals surface area contributed by atoms with Crippen LogP contribution >= 0.6 is 0 Å². The molecule has 1 aromatic carbocycles. The summed E-state index contributed by atoms with van der Waals surface area (Å²) in [6, 6.07) is 8.35. The fourth-order valence-corrected chi connectivity index (χ4v) is 3.88. The normalized spacial score (nSPS) is 18.5. The molecule has 23 heavy (non-hydrogen) atoms. The summed E-state index contributed by atoms with van der Waals surface area (Å²) in [6.07, 6.45) is 6.10. The highest BCUT2D eigenvalue weighted by atomic mass is 16.1. The number of nitrogens with zero attached hydrogens (tertiary/aromatic N) is 2. The second-order valence-electron chi connectivity index (χ2n) is 7.10. The fraction of sp³-hybridized carbons (Fsp3) is 0.632. The molecule has 0 spiro atoms. The number of H-pyrrole nitrogens is 1. The van der Waals surface area contributed by atoms with E-state index in [0.29, 0.717) is 6.04 Å². The van der Waals surface area contributed by atoms with Crippen molar-refractivity contribution in [3.05, 3.63) is 34.7 Å². The molecular weight excluding hydrogens is 286 g/mol. The van der Waals surface area contributed by atoms with Crippen molar-refractivity contribution in [3.8, 4) is 0 Å². The van der Waals surface area contributed by atoms with Gasteiger partial charge in [-0.15, -0.1) is 0 Å². The van der Waals surface area contributed by atoms with Crippen molar-refractivity contribution < 1.29 is 0 Å². The molecule has 1 atom stereocenters. The summed E-state index contributed by atoms with van der Waals surface area (Å²) in [5.74, 6) is 0.780. The predicted molar refractivity (Wildman–Crippen MR) is 96.0 cm³/mol. The Morgan fingerprint density at radius 1 is 1.26 bits per heavy atom. The summed E-state index contributed by atoms with van der Waals surface area (Å²) >= 11 is 0. The molecule has 0 amide bonds. The van der Waals surface area contributed by atoms with E-state index in [-0.39, 0.29) is 5.69 Å². The SMILES string of the molecule is CCCCC(C)CN1CCC(n2c(=O)[nH]c3ccccc32)CC1. The molecule has 4 heteroatoms. The van der Waals surface area contributed by atoms with Gasteiger partial charge in [0.05, 0.1) is 11.0 Å². The number of imidazole rings is 1. The van der Waals surface area contributed by atoms with Crippen LogP contribution < -0.4 is 5.69 Å². The maximum Gasteiger partial charge on any atom is 0.326 e. The number of rotatable bonds is 6. The van der Waals surface area contributed by atoms with E-state index in [2.05, 4.69) is 23.7 Å². The van der Waals surface area contributed by atoms with Crippen molar-refractivity contribution >= 4 is 11.0 Å². The molecule has 1 aliphatic rings. The molecule has 3 rings (SSSR count). The number of nitrogens with one attached hydrogen (secondary N) is 1. The largest absolute Gasteiger partial charge is 0.326 e. The first-order valence-corrected chi connectivity index (χ1v) is 9.10. The Kier molecular flexibility index (Phi) is 5.21. The summed E-state index contributed by atoms with van der Waals surface area (Å²) < 4.78 is 1.98. The van der Waals surface area contributed by atoms with Crippen LogP contribution in [0.15, 0.2) is 29.1 Å². The minimum absolute atomic E-state index is 0.0426. The Labute approximate surface area is 138 Å². The lowest BCUT2D eigenvalue weighted by atomic mass is 10.00. The van der Waals surface area contributed by atoms with Gasteiger partial charge in [-0.3, -0.25) is 4.57 Å². The molecule has 0 bridgehead atoms. The van der Waals surface area contributed by atoms with Gasteiger partial charge in [0, 0.05) is 25.7 Å². The van der Waals surface area contributed by atoms with E-state index in [4.69, 9.17) is 0 Å². The third-order valence-electron chi connectivity index (χ3n) is 5.17. The number of aromatic amines is 1. The summed E-state index contributed by atoms with van der Waals surface area (Å²) in [5.41, 5.74) is 2.04. The summed E-state index contributed by atoms with van der Waals surface area (Å²) in [6.45, 7) is 8.04. The van der Waals surface area contributed by atoms with Gasteiger partial charge in [0.2, 0.25) is 0 Å². The van der Waals surface area contributed by atoms with Gasteiger partial charge in [-0.05, 0) is 37.3 Å². The van der Waals surface area contributed by atoms with Gasteiger partial charge in [0.15, 0.2) is 0 Å². The Hall–Kier alpha value is -1.55. The molecule has 0 saturated carbocycles. The Morgan fingerprint density at radius 2 is 2.00 bits per heavy atom. The highest BCUT2D eigenvalue weighted by molar-refractivity contribution is 5.75. The maximum absolute atomic E-state index is 12.3. The maximum atomic E-state index is 12.3. The highest BCUT2D eigenvalue weighted by Gasteiger charge is 2.24. The first kappa shape index (κ1) is 16.3. The minimum Gasteiger partial charge on any atom is -0.306 e. The lowest BCUT2D eigenvalue weighted by Crippen LogP contribution is -2.39. The van der Waals surface area contributed by atoms with Gasteiger partial charge in [-0.1, -0.05) is 38.8 Å². The van der Waals surface area contributed by atoms with E-state index in [9.17, 15) is 4.79 Å². The molecule has 0 aliphatic carbocycles. The zero-order valence-corrected chi connectivity index (χ0v) is 14.4. The number of hydrogen-bond donors (Lipinski definition) is 1. The van der Waals surface area contributed by atoms with Crippen molar-refractivity contribution in [2.24, 2.45) is 5.92 Å². The van der Waals surface area contributed by atoms with Crippen LogP contribution in [0.25, 0.3) is 11.0 Å². The van der Waals surface area contributed by atoms with Crippen molar-refractivity contribution in [1.82, 2.24) is 14.5 Å². The van der Waals surface area contributed by atoms with Gasteiger partial charge < -0.3 is 9.88 Å². The van der Waals surface area contributed by atoms with E-state index in [1.807, 2.05) is 28.8 Å². The predicted octanol–water partition coefficient (Wildman–Crippen LogP) is 3.79. The van der Waals surface area contributed by atoms with Crippen molar-refractivity contribution in [2.45, 2.75) is 52.0 Å². The van der Waals surface area contributed by atoms with Crippen LogP contribution in [0, 0.1) is 5.92 Å². The first-order chi connectivity index (χ1) is 11.2. The van der Waals surface area contributed by atoms with Crippen LogP contribution in [0.2, 0.25) is 0 Å². The third-order valence-corrected chi connectivity index (χ3v) is 5.17. The number of hydrogen-bond acceptors (Lipinski definition) is 2. The number of para-hydroxylation sites is 2. The van der Waals surface area contributed by atoms with Gasteiger partial charge in [0.1, 0.15) is 0 Å². The Balaban J connectivity index is 1.62. The van der Waals surface area contributed by atoms with E-state index in [1.165, 1.54) is 25.8 Å². The van der Waals surface area contributed by atoms with Gasteiger partial charge in [-0.25, -0.2) is 4.79 Å². The molecule has 1 N–H and O–H groups in total. The lowest BCUT2D eigenvalue weighted by Gasteiger charge is -2.34. The standard InChI is InChI=1S/C19H29N3O/c1-3-4-7-15(2)14-21-12-10-16(11-13-21)22-18-9-6-5-8-17(18)20-19(22)23/h5-6,8-9,15-16H,3-4,7,10-14H2,1-2H3,(H,20,23). The van der Waals surface area contributed by atoms with Crippen molar-refractivity contribution in [2.75, 3.05) is 19.6 Å². The number of piperidine rings is 1. The van der Waals surface area contributed by atoms with Crippen LogP contribution in [-0.4, -0.2) is 34.1 Å². The first-order valence-electron chi connectivity index (χ1n) is 9.10. The number of fused-ring (bicyclic) bond motifs is 1. The Morgan fingerprint density at radius 3 is 2.74 bits per heavy atom. The lowest BCUT2D eigenvalue weighted by molar-refractivity contribution is 0.163. The minimum atomic E-state index is 0.0426. The topological polar surface area (TPSA) is 41.0 Å². The average molecular weight is 315 g/mol. The number of aromatic nitrogens is 2. The highest BCUT2D eigenvalue weighted by Crippen LogP contribution is 2.25. The number of likely N-dealkylation sites (tertiary alicyclic amines) is 1. The molecule has 1 fully saturated rings. The average Bonchev–Trinajstić information content (AvgIpc) is 2.89. The molecule has 0 radical (unpaired) electrons. The van der Waals surface area contributed by atoms with Gasteiger partial charge in [0.25, 0.3) is 0 Å². The molecule has 1 aliphatic heterocycles. The summed E-state index contributed by atoms with van der Waals surface area (Å²) in [5, 5.41) is 0. The van der Waals surface area contributed by atoms with Gasteiger partial charge >= 0.3 is 5.69 Å².